The number of fused-ring (bicyclic) bond motifs is 6. The molecule has 0 aliphatic carbocycles. The van der Waals surface area contributed by atoms with Crippen molar-refractivity contribution in [3.8, 4) is 11.4 Å². The van der Waals surface area contributed by atoms with Crippen molar-refractivity contribution in [2.75, 3.05) is 0 Å². The second-order valence-electron chi connectivity index (χ2n) is 10.9. The first kappa shape index (κ1) is 36.2. The summed E-state index contributed by atoms with van der Waals surface area (Å²) in [6.07, 6.45) is 0. The van der Waals surface area contributed by atoms with E-state index in [2.05, 4.69) is 124 Å². The first-order chi connectivity index (χ1) is 23.7. The number of rotatable bonds is 3. The number of nitrogens with zero attached hydrogens (tertiary/aromatic N) is 2. The van der Waals surface area contributed by atoms with Crippen molar-refractivity contribution in [2.24, 2.45) is 0 Å². The average molecular weight is 740 g/mol. The Hall–Kier alpha value is -4.05. The molecule has 0 fully saturated rings. The van der Waals surface area contributed by atoms with Gasteiger partial charge in [0.15, 0.2) is 5.78 Å². The molecule has 0 aliphatic heterocycles. The summed E-state index contributed by atoms with van der Waals surface area (Å²) in [6.45, 7) is 2.90. The van der Waals surface area contributed by atoms with Crippen molar-refractivity contribution >= 4 is 108 Å². The molecule has 0 bridgehead atoms. The molecule has 9 heteroatoms. The fourth-order valence-corrected chi connectivity index (χ4v) is 5.82. The maximum Gasteiger partial charge on any atom is 0.643 e. The maximum atomic E-state index is 11.7. The highest BCUT2D eigenvalue weighted by Crippen LogP contribution is 2.33. The predicted molar refractivity (Wildman–Crippen MR) is 211 cm³/mol. The Morgan fingerprint density at radius 2 is 0.776 bits per heavy atom. The molecule has 8 aromatic rings. The van der Waals surface area contributed by atoms with E-state index in [0.29, 0.717) is 0 Å². The van der Waals surface area contributed by atoms with Gasteiger partial charge in [-0.15, -0.1) is 0 Å². The third-order valence-corrected chi connectivity index (χ3v) is 7.69. The molecule has 0 amide bonds. The minimum atomic E-state index is -1.72. The van der Waals surface area contributed by atoms with Gasteiger partial charge < -0.3 is 9.13 Å². The summed E-state index contributed by atoms with van der Waals surface area (Å²) in [4.78, 5) is 20.9. The van der Waals surface area contributed by atoms with Gasteiger partial charge in [0.2, 0.25) is 5.24 Å². The van der Waals surface area contributed by atoms with Gasteiger partial charge in [0.25, 0.3) is 0 Å². The molecule has 0 atom stereocenters. The average Bonchev–Trinajstić information content (AvgIpc) is 3.62. The molecule has 0 aliphatic rings. The molecule has 0 saturated heterocycles. The number of halogens is 4. The molecular weight excluding hydrogens is 709 g/mol. The van der Waals surface area contributed by atoms with Crippen LogP contribution in [-0.4, -0.2) is 31.5 Å². The first-order valence-corrected chi connectivity index (χ1v) is 21.0. The zero-order chi connectivity index (χ0) is 34.9. The minimum Gasteiger partial charge on any atom is -0.309 e. The molecule has 0 spiro atoms. The third-order valence-electron chi connectivity index (χ3n) is 7.69. The Morgan fingerprint density at radius 1 is 0.469 bits per heavy atom. The van der Waals surface area contributed by atoms with Gasteiger partial charge in [0.1, 0.15) is 0 Å². The van der Waals surface area contributed by atoms with E-state index in [1.54, 1.807) is 6.92 Å². The summed E-state index contributed by atoms with van der Waals surface area (Å²) in [6, 6.07) is 52.2. The number of Topliss-reactive ketones (excluding diaryl/α,β-unsaturated/α-hetero) is 1. The molecular formula is C40H31AlCl4N2O2. The van der Waals surface area contributed by atoms with Crippen molar-refractivity contribution in [3.63, 3.8) is 0 Å². The van der Waals surface area contributed by atoms with Crippen LogP contribution in [0, 0.1) is 0 Å². The molecule has 6 aromatic carbocycles. The zero-order valence-electron chi connectivity index (χ0n) is 26.7. The quantitative estimate of drug-likeness (QED) is 0.103. The van der Waals surface area contributed by atoms with E-state index in [1.807, 2.05) is 48.5 Å². The van der Waals surface area contributed by atoms with Gasteiger partial charge in [-0.25, -0.2) is 30.1 Å². The molecule has 2 aromatic heterocycles. The number of benzene rings is 6. The van der Waals surface area contributed by atoms with E-state index >= 15 is 0 Å². The largest absolute Gasteiger partial charge is 0.643 e. The predicted octanol–water partition coefficient (Wildman–Crippen LogP) is 12.2. The summed E-state index contributed by atoms with van der Waals surface area (Å²) in [7, 11) is 14.8. The van der Waals surface area contributed by atoms with E-state index in [4.69, 9.17) is 30.1 Å². The van der Waals surface area contributed by atoms with Gasteiger partial charge >= 0.3 is 11.4 Å². The highest BCUT2D eigenvalue weighted by Gasteiger charge is 2.13. The van der Waals surface area contributed by atoms with E-state index in [-0.39, 0.29) is 11.0 Å². The lowest BCUT2D eigenvalue weighted by Crippen LogP contribution is -1.94. The smallest absolute Gasteiger partial charge is 0.309 e. The van der Waals surface area contributed by atoms with Gasteiger partial charge in [-0.1, -0.05) is 91.0 Å². The lowest BCUT2D eigenvalue weighted by molar-refractivity contribution is -0.109. The van der Waals surface area contributed by atoms with E-state index in [9.17, 15) is 9.59 Å². The number of para-hydroxylation sites is 5. The van der Waals surface area contributed by atoms with Crippen molar-refractivity contribution < 1.29 is 9.59 Å². The molecule has 0 saturated carbocycles. The van der Waals surface area contributed by atoms with Crippen LogP contribution in [0.2, 0.25) is 0 Å². The van der Waals surface area contributed by atoms with Gasteiger partial charge in [0, 0.05) is 45.4 Å². The van der Waals surface area contributed by atoms with Crippen molar-refractivity contribution in [2.45, 2.75) is 13.8 Å². The molecule has 2 heterocycles. The van der Waals surface area contributed by atoms with E-state index < -0.39 is 11.4 Å². The zero-order valence-corrected chi connectivity index (χ0v) is 30.9. The van der Waals surface area contributed by atoms with Crippen LogP contribution in [0.3, 0.4) is 0 Å². The summed E-state index contributed by atoms with van der Waals surface area (Å²) >= 11 is 2.91. The standard InChI is InChI=1S/C20H15NO.C18H13N.C2H3ClO.Al.3ClH/c1-14(22)15-11-12-20-18(13-15)17-9-5-6-10-19(17)21(20)16-7-3-2-4-8-16;1-2-8-14(9-3-1)19-17-12-6-4-10-15(17)16-11-5-7-13-18(16)19;1-2(3)4;;;;/h2-13H,1H3;1-13H;1H3;;3*1H/q;;;+3;;;/p-3. The molecule has 49 heavy (non-hydrogen) atoms. The van der Waals surface area contributed by atoms with E-state index in [1.165, 1.54) is 39.8 Å². The van der Waals surface area contributed by atoms with Crippen LogP contribution < -0.4 is 0 Å². The minimum absolute atomic E-state index is 0.0958. The summed E-state index contributed by atoms with van der Waals surface area (Å²) in [5.41, 5.74) is 7.89. The number of hydrogen-bond acceptors (Lipinski definition) is 2. The van der Waals surface area contributed by atoms with Crippen LogP contribution >= 0.6 is 41.7 Å². The van der Waals surface area contributed by atoms with Crippen LogP contribution in [0.4, 0.5) is 0 Å². The SMILES string of the molecule is CC(=O)Cl.CC(=O)c1ccc2c(c1)c1ccccc1n2-c1ccccc1.[Cl][Al]([Cl])[Cl].c1ccc(-n2c3ccccc3c3ccccc32)cc1. The number of carbonyl (C=O) groups excluding carboxylic acids is 2. The molecule has 0 unspecified atom stereocenters. The fraction of sp³-hybridized carbons (Fsp3) is 0.0500. The lowest BCUT2D eigenvalue weighted by atomic mass is 10.1. The Labute approximate surface area is 307 Å². The fourth-order valence-electron chi connectivity index (χ4n) is 5.82. The number of hydrogen-bond donors (Lipinski definition) is 0. The Balaban J connectivity index is 0.000000158. The monoisotopic (exact) mass is 738 g/mol. The van der Waals surface area contributed by atoms with Crippen LogP contribution in [0.5, 0.6) is 0 Å². The third kappa shape index (κ3) is 8.76. The Morgan fingerprint density at radius 3 is 1.14 bits per heavy atom. The Kier molecular flexibility index (Phi) is 12.6. The number of ketones is 1. The number of aromatic nitrogens is 2. The van der Waals surface area contributed by atoms with Gasteiger partial charge in [-0.05, 0) is 79.2 Å². The normalized spacial score (nSPS) is 10.4. The topological polar surface area (TPSA) is 44.0 Å². The molecule has 244 valence electrons. The highest BCUT2D eigenvalue weighted by molar-refractivity contribution is 7.54. The molecule has 0 N–H and O–H groups in total. The maximum absolute atomic E-state index is 11.7. The van der Waals surface area contributed by atoms with Crippen LogP contribution in [0.25, 0.3) is 55.0 Å². The molecule has 4 nitrogen and oxygen atoms in total. The van der Waals surface area contributed by atoms with Crippen LogP contribution in [0.15, 0.2) is 152 Å². The van der Waals surface area contributed by atoms with Crippen molar-refractivity contribution in [1.82, 2.24) is 9.13 Å². The molecule has 0 radical (unpaired) electrons. The lowest BCUT2D eigenvalue weighted by Gasteiger charge is -2.07. The highest BCUT2D eigenvalue weighted by atomic mass is 35.8. The second-order valence-corrected chi connectivity index (χ2v) is 17.9. The van der Waals surface area contributed by atoms with Gasteiger partial charge in [-0.3, -0.25) is 9.59 Å². The second kappa shape index (κ2) is 17.1. The van der Waals surface area contributed by atoms with Crippen molar-refractivity contribution in [3.05, 3.63) is 157 Å². The number of carbonyl (C=O) groups is 2. The Bertz CT molecular complexity index is 2290. The molecule has 8 rings (SSSR count). The van der Waals surface area contributed by atoms with Crippen molar-refractivity contribution in [1.29, 1.82) is 0 Å². The van der Waals surface area contributed by atoms with Crippen LogP contribution in [0.1, 0.15) is 24.2 Å². The first-order valence-electron chi connectivity index (χ1n) is 15.4. The van der Waals surface area contributed by atoms with Gasteiger partial charge in [-0.2, -0.15) is 0 Å². The van der Waals surface area contributed by atoms with E-state index in [0.717, 1.165) is 27.7 Å². The van der Waals surface area contributed by atoms with Gasteiger partial charge in [0.05, 0.1) is 22.1 Å². The van der Waals surface area contributed by atoms with Crippen LogP contribution in [-0.2, 0) is 4.79 Å². The summed E-state index contributed by atoms with van der Waals surface area (Å²) in [5, 5.41) is 4.54. The summed E-state index contributed by atoms with van der Waals surface area (Å²) in [5.74, 6) is 0.0958. The summed E-state index contributed by atoms with van der Waals surface area (Å²) < 4.78 is 4.57.